The lowest BCUT2D eigenvalue weighted by atomic mass is 10.1. The Bertz CT molecular complexity index is 766. The topological polar surface area (TPSA) is 27.1 Å². The maximum absolute atomic E-state index is 13.2. The highest BCUT2D eigenvalue weighted by Gasteiger charge is 2.24. The van der Waals surface area contributed by atoms with Crippen molar-refractivity contribution in [3.05, 3.63) is 59.5 Å². The van der Waals surface area contributed by atoms with Crippen LogP contribution in [0.4, 0.5) is 4.39 Å². The van der Waals surface area contributed by atoms with Gasteiger partial charge in [0.2, 0.25) is 0 Å². The average Bonchev–Trinajstić information content (AvgIpc) is 3.16. The highest BCUT2D eigenvalue weighted by Crippen LogP contribution is 2.31. The molecule has 21 heavy (non-hydrogen) atoms. The summed E-state index contributed by atoms with van der Waals surface area (Å²) >= 11 is 1.67. The lowest BCUT2D eigenvalue weighted by molar-refractivity contribution is 0.210. The van der Waals surface area contributed by atoms with E-state index in [0.717, 1.165) is 28.4 Å². The third-order valence-electron chi connectivity index (χ3n) is 3.62. The van der Waals surface area contributed by atoms with E-state index in [0.29, 0.717) is 6.54 Å². The van der Waals surface area contributed by atoms with Crippen molar-refractivity contribution in [2.75, 3.05) is 0 Å². The van der Waals surface area contributed by atoms with Crippen molar-refractivity contribution in [2.24, 2.45) is 0 Å². The van der Waals surface area contributed by atoms with Crippen LogP contribution in [0.3, 0.4) is 0 Å². The van der Waals surface area contributed by atoms with E-state index in [1.54, 1.807) is 29.7 Å². The van der Waals surface area contributed by atoms with Gasteiger partial charge in [-0.05, 0) is 29.6 Å². The first-order valence-corrected chi connectivity index (χ1v) is 7.67. The number of hydrogen-bond donors (Lipinski definition) is 0. The highest BCUT2D eigenvalue weighted by molar-refractivity contribution is 7.13. The van der Waals surface area contributed by atoms with Crippen LogP contribution in [0.15, 0.2) is 48.1 Å². The van der Waals surface area contributed by atoms with Gasteiger partial charge in [-0.3, -0.25) is 0 Å². The van der Waals surface area contributed by atoms with Gasteiger partial charge in [-0.25, -0.2) is 9.37 Å². The molecule has 0 amide bonds. The third kappa shape index (κ3) is 2.34. The first kappa shape index (κ1) is 12.6. The van der Waals surface area contributed by atoms with Crippen LogP contribution in [0.5, 0.6) is 5.75 Å². The van der Waals surface area contributed by atoms with Crippen LogP contribution < -0.4 is 4.74 Å². The molecule has 1 aromatic carbocycles. The molecule has 0 saturated heterocycles. The summed E-state index contributed by atoms with van der Waals surface area (Å²) in [6, 6.07) is 8.78. The normalized spacial score (nSPS) is 16.7. The number of benzene rings is 1. The van der Waals surface area contributed by atoms with Crippen molar-refractivity contribution in [1.29, 1.82) is 0 Å². The molecule has 106 valence electrons. The van der Waals surface area contributed by atoms with E-state index in [9.17, 15) is 4.39 Å². The van der Waals surface area contributed by atoms with Crippen molar-refractivity contribution >= 4 is 11.3 Å². The Morgan fingerprint density at radius 3 is 3.19 bits per heavy atom. The standard InChI is InChI=1S/C16H13FN2OS/c17-12-3-4-14-11(8-12)9-13(20-14)10-19-6-5-18-16(19)15-2-1-7-21-15/h1-8,13H,9-10H2. The van der Waals surface area contributed by atoms with E-state index < -0.39 is 0 Å². The van der Waals surface area contributed by atoms with Gasteiger partial charge in [-0.15, -0.1) is 11.3 Å². The maximum Gasteiger partial charge on any atom is 0.150 e. The number of imidazole rings is 1. The molecular weight excluding hydrogens is 287 g/mol. The van der Waals surface area contributed by atoms with Crippen molar-refractivity contribution in [3.8, 4) is 16.5 Å². The minimum absolute atomic E-state index is 0.0229. The van der Waals surface area contributed by atoms with Gasteiger partial charge in [0.25, 0.3) is 0 Å². The van der Waals surface area contributed by atoms with Gasteiger partial charge in [0.05, 0.1) is 11.4 Å². The summed E-state index contributed by atoms with van der Waals surface area (Å²) in [6.45, 7) is 0.712. The van der Waals surface area contributed by atoms with Gasteiger partial charge < -0.3 is 9.30 Å². The lowest BCUT2D eigenvalue weighted by Crippen LogP contribution is -2.20. The second-order valence-corrected chi connectivity index (χ2v) is 6.02. The number of aromatic nitrogens is 2. The van der Waals surface area contributed by atoms with Crippen molar-refractivity contribution < 1.29 is 9.13 Å². The van der Waals surface area contributed by atoms with E-state index in [1.165, 1.54) is 6.07 Å². The van der Waals surface area contributed by atoms with Crippen LogP contribution in [0.1, 0.15) is 5.56 Å². The summed E-state index contributed by atoms with van der Waals surface area (Å²) < 4.78 is 21.2. The fourth-order valence-electron chi connectivity index (χ4n) is 2.70. The SMILES string of the molecule is Fc1ccc2c(c1)CC(Cn1ccnc1-c1cccs1)O2. The van der Waals surface area contributed by atoms with Gasteiger partial charge in [-0.2, -0.15) is 0 Å². The molecule has 0 spiro atoms. The van der Waals surface area contributed by atoms with Crippen LogP contribution in [-0.4, -0.2) is 15.7 Å². The molecule has 0 N–H and O–H groups in total. The molecule has 0 radical (unpaired) electrons. The summed E-state index contributed by atoms with van der Waals surface area (Å²) in [6.07, 6.45) is 4.52. The van der Waals surface area contributed by atoms with Crippen LogP contribution in [0.2, 0.25) is 0 Å². The molecule has 1 atom stereocenters. The monoisotopic (exact) mass is 300 g/mol. The Balaban J connectivity index is 1.55. The molecule has 5 heteroatoms. The van der Waals surface area contributed by atoms with Crippen molar-refractivity contribution in [2.45, 2.75) is 19.1 Å². The number of fused-ring (bicyclic) bond motifs is 1. The van der Waals surface area contributed by atoms with E-state index in [-0.39, 0.29) is 11.9 Å². The molecule has 2 aromatic heterocycles. The number of rotatable bonds is 3. The van der Waals surface area contributed by atoms with Crippen LogP contribution in [0, 0.1) is 5.82 Å². The van der Waals surface area contributed by atoms with E-state index in [4.69, 9.17) is 4.74 Å². The molecule has 4 rings (SSSR count). The number of nitrogens with zero attached hydrogens (tertiary/aromatic N) is 2. The molecule has 1 aliphatic heterocycles. The molecule has 1 aliphatic rings. The fraction of sp³-hybridized carbons (Fsp3) is 0.188. The van der Waals surface area contributed by atoms with Crippen molar-refractivity contribution in [3.63, 3.8) is 0 Å². The van der Waals surface area contributed by atoms with Crippen LogP contribution >= 0.6 is 11.3 Å². The Kier molecular flexibility index (Phi) is 3.00. The predicted octanol–water partition coefficient (Wildman–Crippen LogP) is 3.75. The molecule has 1 unspecified atom stereocenters. The third-order valence-corrected chi connectivity index (χ3v) is 4.49. The molecule has 0 fully saturated rings. The summed E-state index contributed by atoms with van der Waals surface area (Å²) in [4.78, 5) is 5.56. The first-order valence-electron chi connectivity index (χ1n) is 6.80. The fourth-order valence-corrected chi connectivity index (χ4v) is 3.43. The van der Waals surface area contributed by atoms with E-state index >= 15 is 0 Å². The summed E-state index contributed by atoms with van der Waals surface area (Å²) in [7, 11) is 0. The van der Waals surface area contributed by atoms with Gasteiger partial charge in [0.1, 0.15) is 23.5 Å². The van der Waals surface area contributed by atoms with Gasteiger partial charge in [0.15, 0.2) is 0 Å². The second kappa shape index (κ2) is 5.00. The molecule has 0 bridgehead atoms. The minimum Gasteiger partial charge on any atom is -0.488 e. The van der Waals surface area contributed by atoms with E-state index in [2.05, 4.69) is 15.6 Å². The Morgan fingerprint density at radius 2 is 2.33 bits per heavy atom. The quantitative estimate of drug-likeness (QED) is 0.736. The highest BCUT2D eigenvalue weighted by atomic mass is 32.1. The molecular formula is C16H13FN2OS. The van der Waals surface area contributed by atoms with Gasteiger partial charge in [-0.1, -0.05) is 6.07 Å². The van der Waals surface area contributed by atoms with E-state index in [1.807, 2.05) is 17.6 Å². The minimum atomic E-state index is -0.208. The lowest BCUT2D eigenvalue weighted by Gasteiger charge is -2.13. The molecule has 0 aliphatic carbocycles. The first-order chi connectivity index (χ1) is 10.3. The zero-order valence-corrected chi connectivity index (χ0v) is 12.0. The molecule has 3 heterocycles. The number of ether oxygens (including phenoxy) is 1. The average molecular weight is 300 g/mol. The Morgan fingerprint density at radius 1 is 1.38 bits per heavy atom. The zero-order chi connectivity index (χ0) is 14.2. The van der Waals surface area contributed by atoms with Crippen LogP contribution in [-0.2, 0) is 13.0 Å². The zero-order valence-electron chi connectivity index (χ0n) is 11.2. The summed E-state index contributed by atoms with van der Waals surface area (Å²) in [5.74, 6) is 1.54. The van der Waals surface area contributed by atoms with Crippen LogP contribution in [0.25, 0.3) is 10.7 Å². The summed E-state index contributed by atoms with van der Waals surface area (Å²) in [5.41, 5.74) is 0.942. The Hall–Kier alpha value is -2.14. The summed E-state index contributed by atoms with van der Waals surface area (Å²) in [5, 5.41) is 2.04. The molecule has 3 aromatic rings. The molecule has 0 saturated carbocycles. The number of hydrogen-bond acceptors (Lipinski definition) is 3. The largest absolute Gasteiger partial charge is 0.488 e. The van der Waals surface area contributed by atoms with Crippen molar-refractivity contribution in [1.82, 2.24) is 9.55 Å². The maximum atomic E-state index is 13.2. The number of thiophene rings is 1. The molecule has 3 nitrogen and oxygen atoms in total. The van der Waals surface area contributed by atoms with Gasteiger partial charge in [0, 0.05) is 24.4 Å². The smallest absolute Gasteiger partial charge is 0.150 e. The second-order valence-electron chi connectivity index (χ2n) is 5.08. The van der Waals surface area contributed by atoms with Gasteiger partial charge >= 0.3 is 0 Å². The predicted molar refractivity (Wildman–Crippen MR) is 80.1 cm³/mol. The number of halogens is 1. The Labute approximate surface area is 125 Å².